The number of furan rings is 1. The molecule has 1 aliphatic carbocycles. The summed E-state index contributed by atoms with van der Waals surface area (Å²) in [5, 5.41) is 13.0. The lowest BCUT2D eigenvalue weighted by Crippen LogP contribution is -2.33. The Morgan fingerprint density at radius 2 is 2.38 bits per heavy atom. The molecule has 21 heavy (non-hydrogen) atoms. The van der Waals surface area contributed by atoms with Crippen LogP contribution in [0.15, 0.2) is 28.9 Å². The summed E-state index contributed by atoms with van der Waals surface area (Å²) in [4.78, 5) is 14.4. The number of carbonyl (C=O) groups is 1. The molecule has 0 fully saturated rings. The molecule has 0 bridgehead atoms. The van der Waals surface area contributed by atoms with Crippen LogP contribution in [0.2, 0.25) is 0 Å². The largest absolute Gasteiger partial charge is 0.467 e. The second-order valence-corrected chi connectivity index (χ2v) is 6.69. The van der Waals surface area contributed by atoms with Gasteiger partial charge in [0.05, 0.1) is 11.1 Å². The summed E-state index contributed by atoms with van der Waals surface area (Å²) >= 11 is 1.60. The van der Waals surface area contributed by atoms with E-state index in [0.29, 0.717) is 12.2 Å². The Kier molecular flexibility index (Phi) is 4.12. The van der Waals surface area contributed by atoms with Gasteiger partial charge in [-0.3, -0.25) is 4.79 Å². The molecule has 1 amide bonds. The van der Waals surface area contributed by atoms with Crippen molar-refractivity contribution in [3.63, 3.8) is 0 Å². The van der Waals surface area contributed by atoms with E-state index in [1.54, 1.807) is 23.5 Å². The van der Waals surface area contributed by atoms with Crippen molar-refractivity contribution < 1.29 is 14.3 Å². The first-order valence-electron chi connectivity index (χ1n) is 7.27. The summed E-state index contributed by atoms with van der Waals surface area (Å²) < 4.78 is 5.17. The number of rotatable bonds is 5. The number of aliphatic hydroxyl groups is 1. The first-order valence-corrected chi connectivity index (χ1v) is 8.09. The van der Waals surface area contributed by atoms with Crippen LogP contribution in [0.1, 0.15) is 51.7 Å². The number of thiophene rings is 1. The molecule has 5 heteroatoms. The van der Waals surface area contributed by atoms with Gasteiger partial charge >= 0.3 is 0 Å². The van der Waals surface area contributed by atoms with Crippen LogP contribution in [0.25, 0.3) is 0 Å². The van der Waals surface area contributed by atoms with Crippen LogP contribution < -0.4 is 5.32 Å². The number of carbonyl (C=O) groups excluding carboxylic acids is 1. The van der Waals surface area contributed by atoms with Gasteiger partial charge in [0.15, 0.2) is 0 Å². The Labute approximate surface area is 127 Å². The fraction of sp³-hybridized carbons (Fsp3) is 0.438. The third-order valence-corrected chi connectivity index (χ3v) is 5.03. The van der Waals surface area contributed by atoms with Crippen LogP contribution >= 0.6 is 11.3 Å². The van der Waals surface area contributed by atoms with Gasteiger partial charge in [0.25, 0.3) is 5.91 Å². The molecular weight excluding hydrogens is 286 g/mol. The molecule has 3 rings (SSSR count). The Hall–Kier alpha value is -1.59. The zero-order chi connectivity index (χ0) is 14.8. The average Bonchev–Trinajstić information content (AvgIpc) is 3.15. The van der Waals surface area contributed by atoms with Gasteiger partial charge in [-0.2, -0.15) is 0 Å². The SMILES string of the molecule is CC(CC(O)c1ccco1)NC(=O)c1cc2c(s1)CCC2. The van der Waals surface area contributed by atoms with Gasteiger partial charge in [-0.15, -0.1) is 11.3 Å². The number of aryl methyl sites for hydroxylation is 2. The minimum Gasteiger partial charge on any atom is -0.467 e. The highest BCUT2D eigenvalue weighted by atomic mass is 32.1. The molecule has 2 unspecified atom stereocenters. The first-order chi connectivity index (χ1) is 10.1. The fourth-order valence-electron chi connectivity index (χ4n) is 2.73. The van der Waals surface area contributed by atoms with Gasteiger partial charge in [0, 0.05) is 17.3 Å². The van der Waals surface area contributed by atoms with E-state index >= 15 is 0 Å². The van der Waals surface area contributed by atoms with Crippen molar-refractivity contribution in [1.82, 2.24) is 5.32 Å². The third kappa shape index (κ3) is 3.19. The van der Waals surface area contributed by atoms with Crippen molar-refractivity contribution in [1.29, 1.82) is 0 Å². The molecule has 0 aliphatic heterocycles. The van der Waals surface area contributed by atoms with Crippen molar-refractivity contribution in [3.05, 3.63) is 45.5 Å². The van der Waals surface area contributed by atoms with Crippen LogP contribution in [-0.4, -0.2) is 17.1 Å². The quantitative estimate of drug-likeness (QED) is 0.892. The Bertz CT molecular complexity index is 596. The summed E-state index contributed by atoms with van der Waals surface area (Å²) in [6.45, 7) is 1.89. The number of fused-ring (bicyclic) bond motifs is 1. The lowest BCUT2D eigenvalue weighted by atomic mass is 10.1. The van der Waals surface area contributed by atoms with E-state index in [0.717, 1.165) is 17.7 Å². The van der Waals surface area contributed by atoms with Crippen LogP contribution in [0.4, 0.5) is 0 Å². The smallest absolute Gasteiger partial charge is 0.261 e. The van der Waals surface area contributed by atoms with Crippen molar-refractivity contribution in [2.45, 2.75) is 44.8 Å². The van der Waals surface area contributed by atoms with Crippen LogP contribution in [0.3, 0.4) is 0 Å². The lowest BCUT2D eigenvalue weighted by Gasteiger charge is -2.16. The molecule has 112 valence electrons. The number of amides is 1. The normalized spacial score (nSPS) is 16.5. The zero-order valence-electron chi connectivity index (χ0n) is 12.0. The molecule has 0 saturated carbocycles. The van der Waals surface area contributed by atoms with E-state index in [1.165, 1.54) is 23.1 Å². The molecule has 0 aromatic carbocycles. The Balaban J connectivity index is 1.56. The summed E-state index contributed by atoms with van der Waals surface area (Å²) in [7, 11) is 0. The van der Waals surface area contributed by atoms with Gasteiger partial charge in [0.2, 0.25) is 0 Å². The van der Waals surface area contributed by atoms with Crippen molar-refractivity contribution >= 4 is 17.2 Å². The summed E-state index contributed by atoms with van der Waals surface area (Å²) in [5.74, 6) is 0.486. The molecule has 2 aromatic heterocycles. The van der Waals surface area contributed by atoms with Gasteiger partial charge in [-0.25, -0.2) is 0 Å². The van der Waals surface area contributed by atoms with Gasteiger partial charge in [0.1, 0.15) is 11.9 Å². The molecule has 2 aromatic rings. The highest BCUT2D eigenvalue weighted by molar-refractivity contribution is 7.14. The molecule has 0 radical (unpaired) electrons. The van der Waals surface area contributed by atoms with E-state index in [9.17, 15) is 9.90 Å². The van der Waals surface area contributed by atoms with Crippen LogP contribution in [0.5, 0.6) is 0 Å². The summed E-state index contributed by atoms with van der Waals surface area (Å²) in [6.07, 6.45) is 4.67. The van der Waals surface area contributed by atoms with Crippen molar-refractivity contribution in [2.75, 3.05) is 0 Å². The van der Waals surface area contributed by atoms with Crippen LogP contribution in [-0.2, 0) is 12.8 Å². The van der Waals surface area contributed by atoms with Gasteiger partial charge in [-0.1, -0.05) is 0 Å². The minimum absolute atomic E-state index is 0.0476. The van der Waals surface area contributed by atoms with Gasteiger partial charge in [-0.05, 0) is 49.9 Å². The minimum atomic E-state index is -0.691. The number of aliphatic hydroxyl groups excluding tert-OH is 1. The second kappa shape index (κ2) is 6.03. The molecule has 0 spiro atoms. The maximum Gasteiger partial charge on any atom is 0.261 e. The maximum absolute atomic E-state index is 12.2. The van der Waals surface area contributed by atoms with E-state index in [2.05, 4.69) is 5.32 Å². The van der Waals surface area contributed by atoms with Crippen molar-refractivity contribution in [2.24, 2.45) is 0 Å². The van der Waals surface area contributed by atoms with Crippen molar-refractivity contribution in [3.8, 4) is 0 Å². The molecule has 2 atom stereocenters. The zero-order valence-corrected chi connectivity index (χ0v) is 12.8. The predicted molar refractivity (Wildman–Crippen MR) is 81.6 cm³/mol. The molecule has 4 nitrogen and oxygen atoms in total. The topological polar surface area (TPSA) is 62.5 Å². The highest BCUT2D eigenvalue weighted by Gasteiger charge is 2.21. The standard InChI is InChI=1S/C16H19NO3S/c1-10(8-12(18)13-5-3-7-20-13)17-16(19)15-9-11-4-2-6-14(11)21-15/h3,5,7,9-10,12,18H,2,4,6,8H2,1H3,(H,17,19). The maximum atomic E-state index is 12.2. The lowest BCUT2D eigenvalue weighted by molar-refractivity contribution is 0.0907. The average molecular weight is 305 g/mol. The Morgan fingerprint density at radius 1 is 1.52 bits per heavy atom. The molecular formula is C16H19NO3S. The molecule has 1 aliphatic rings. The molecule has 2 N–H and O–H groups in total. The molecule has 0 saturated heterocycles. The number of hydrogen-bond donors (Lipinski definition) is 2. The monoisotopic (exact) mass is 305 g/mol. The summed E-state index contributed by atoms with van der Waals surface area (Å²) in [5.41, 5.74) is 1.33. The number of hydrogen-bond acceptors (Lipinski definition) is 4. The Morgan fingerprint density at radius 3 is 3.10 bits per heavy atom. The van der Waals surface area contributed by atoms with E-state index in [1.807, 2.05) is 13.0 Å². The van der Waals surface area contributed by atoms with Crippen LogP contribution in [0, 0.1) is 0 Å². The predicted octanol–water partition coefficient (Wildman–Crippen LogP) is 3.07. The highest BCUT2D eigenvalue weighted by Crippen LogP contribution is 2.30. The van der Waals surface area contributed by atoms with Gasteiger partial charge < -0.3 is 14.8 Å². The summed E-state index contributed by atoms with van der Waals surface area (Å²) in [6, 6.07) is 5.38. The third-order valence-electron chi connectivity index (χ3n) is 3.80. The number of nitrogens with one attached hydrogen (secondary N) is 1. The van der Waals surface area contributed by atoms with E-state index in [-0.39, 0.29) is 11.9 Å². The van der Waals surface area contributed by atoms with E-state index < -0.39 is 6.10 Å². The second-order valence-electron chi connectivity index (χ2n) is 5.55. The van der Waals surface area contributed by atoms with E-state index in [4.69, 9.17) is 4.42 Å². The fourth-order valence-corrected chi connectivity index (χ4v) is 3.88. The molecule has 2 heterocycles. The first kappa shape index (κ1) is 14.4.